The van der Waals surface area contributed by atoms with Gasteiger partial charge in [0.2, 0.25) is 0 Å². The Labute approximate surface area is 193 Å². The molecule has 0 unspecified atom stereocenters. The largest absolute Gasteiger partial charge is 0.365 e. The van der Waals surface area contributed by atoms with Crippen molar-refractivity contribution in [3.8, 4) is 0 Å². The van der Waals surface area contributed by atoms with Crippen molar-refractivity contribution in [2.45, 2.75) is 64.1 Å². The first kappa shape index (κ1) is 21.7. The van der Waals surface area contributed by atoms with Crippen molar-refractivity contribution in [1.82, 2.24) is 9.47 Å². The predicted octanol–water partition coefficient (Wildman–Crippen LogP) is 3.78. The van der Waals surface area contributed by atoms with E-state index in [1.807, 2.05) is 29.4 Å². The fourth-order valence-corrected chi connectivity index (χ4v) is 6.13. The molecule has 174 valence electrons. The average molecular weight is 451 g/mol. The molecule has 1 aromatic carbocycles. The maximum absolute atomic E-state index is 13.3. The van der Waals surface area contributed by atoms with Gasteiger partial charge in [0.1, 0.15) is 5.69 Å². The van der Waals surface area contributed by atoms with E-state index in [-0.39, 0.29) is 46.0 Å². The monoisotopic (exact) mass is 450 g/mol. The summed E-state index contributed by atoms with van der Waals surface area (Å²) in [5, 5.41) is 12.0. The summed E-state index contributed by atoms with van der Waals surface area (Å²) in [4.78, 5) is 41.2. The van der Waals surface area contributed by atoms with Crippen LogP contribution < -0.4 is 10.5 Å². The zero-order valence-corrected chi connectivity index (χ0v) is 19.1. The number of hydrogen-bond acceptors (Lipinski definition) is 5. The van der Waals surface area contributed by atoms with Crippen LogP contribution >= 0.6 is 0 Å². The summed E-state index contributed by atoms with van der Waals surface area (Å²) >= 11 is 0. The van der Waals surface area contributed by atoms with Crippen molar-refractivity contribution in [2.24, 2.45) is 5.92 Å². The minimum Gasteiger partial charge on any atom is -0.365 e. The third-order valence-corrected chi connectivity index (χ3v) is 7.67. The second-order valence-corrected chi connectivity index (χ2v) is 9.91. The zero-order chi connectivity index (χ0) is 23.3. The number of pyridine rings is 1. The van der Waals surface area contributed by atoms with Gasteiger partial charge in [0, 0.05) is 61.0 Å². The van der Waals surface area contributed by atoms with Crippen LogP contribution in [-0.4, -0.2) is 45.5 Å². The molecular weight excluding hydrogens is 420 g/mol. The lowest BCUT2D eigenvalue weighted by Crippen LogP contribution is -2.48. The number of nitro benzene ring substituents is 1. The van der Waals surface area contributed by atoms with E-state index in [1.165, 1.54) is 6.07 Å². The molecule has 0 spiro atoms. The molecule has 0 radical (unpaired) electrons. The number of nitrogens with zero attached hydrogens (tertiary/aromatic N) is 4. The summed E-state index contributed by atoms with van der Waals surface area (Å²) in [6, 6.07) is 10.6. The smallest absolute Gasteiger partial charge is 0.293 e. The Morgan fingerprint density at radius 1 is 1.06 bits per heavy atom. The van der Waals surface area contributed by atoms with Gasteiger partial charge in [-0.05, 0) is 63.6 Å². The summed E-state index contributed by atoms with van der Waals surface area (Å²) < 4.78 is 1.85. The summed E-state index contributed by atoms with van der Waals surface area (Å²) in [5.74, 6) is 0.280. The van der Waals surface area contributed by atoms with Crippen molar-refractivity contribution in [2.75, 3.05) is 18.0 Å². The van der Waals surface area contributed by atoms with Crippen LogP contribution in [0.3, 0.4) is 0 Å². The van der Waals surface area contributed by atoms with Crippen LogP contribution in [0.25, 0.3) is 0 Å². The van der Waals surface area contributed by atoms with Gasteiger partial charge in [0.15, 0.2) is 0 Å². The Bertz CT molecular complexity index is 1150. The molecule has 3 aliphatic rings. The van der Waals surface area contributed by atoms with E-state index in [2.05, 4.69) is 4.90 Å². The van der Waals surface area contributed by atoms with Crippen molar-refractivity contribution >= 4 is 17.3 Å². The number of hydrogen-bond donors (Lipinski definition) is 0. The number of amides is 1. The van der Waals surface area contributed by atoms with E-state index < -0.39 is 0 Å². The molecule has 2 saturated heterocycles. The minimum atomic E-state index is -0.377. The highest BCUT2D eigenvalue weighted by molar-refractivity contribution is 5.96. The number of benzene rings is 1. The normalized spacial score (nSPS) is 26.6. The quantitative estimate of drug-likeness (QED) is 0.524. The van der Waals surface area contributed by atoms with Crippen LogP contribution in [0, 0.1) is 16.0 Å². The molecule has 4 heterocycles. The number of carbonyl (C=O) groups excluding carboxylic acids is 1. The lowest BCUT2D eigenvalue weighted by Gasteiger charge is -2.43. The van der Waals surface area contributed by atoms with Gasteiger partial charge in [0.05, 0.1) is 4.92 Å². The average Bonchev–Trinajstić information content (AvgIpc) is 2.79. The molecule has 2 fully saturated rings. The fourth-order valence-electron chi connectivity index (χ4n) is 6.13. The maximum Gasteiger partial charge on any atom is 0.293 e. The maximum atomic E-state index is 13.3. The van der Waals surface area contributed by atoms with Gasteiger partial charge in [-0.15, -0.1) is 0 Å². The third-order valence-electron chi connectivity index (χ3n) is 7.67. The molecule has 0 N–H and O–H groups in total. The standard InChI is InChI=1S/C25H30N4O4/c1-16-5-3-6-17(2)28(16)25(31)19-9-10-22(23(12-19)29(32)33)26-13-18-11-20(15-26)21-7-4-8-24(30)27(21)14-18/h4,7-10,12,16-18,20H,3,5-6,11,13-15H2,1-2H3/t16-,17-,18-,20+/m1/s1. The molecule has 4 atom stereocenters. The predicted molar refractivity (Wildman–Crippen MR) is 126 cm³/mol. The molecule has 33 heavy (non-hydrogen) atoms. The topological polar surface area (TPSA) is 88.7 Å². The van der Waals surface area contributed by atoms with Crippen LogP contribution in [0.15, 0.2) is 41.2 Å². The van der Waals surface area contributed by atoms with E-state index >= 15 is 0 Å². The molecule has 0 aliphatic carbocycles. The summed E-state index contributed by atoms with van der Waals surface area (Å²) in [6.07, 6.45) is 3.99. The Morgan fingerprint density at radius 3 is 2.55 bits per heavy atom. The molecular formula is C25H30N4O4. The fraction of sp³-hybridized carbons (Fsp3) is 0.520. The van der Waals surface area contributed by atoms with E-state index in [9.17, 15) is 19.7 Å². The van der Waals surface area contributed by atoms with E-state index in [1.54, 1.807) is 24.3 Å². The molecule has 5 rings (SSSR count). The molecule has 3 aliphatic heterocycles. The van der Waals surface area contributed by atoms with Crippen LogP contribution in [0.2, 0.25) is 0 Å². The van der Waals surface area contributed by atoms with Crippen LogP contribution in [0.5, 0.6) is 0 Å². The van der Waals surface area contributed by atoms with Crippen LogP contribution in [0.1, 0.15) is 61.5 Å². The Balaban J connectivity index is 1.45. The third kappa shape index (κ3) is 3.81. The number of nitro groups is 1. The number of fused-ring (bicyclic) bond motifs is 4. The molecule has 2 aromatic rings. The minimum absolute atomic E-state index is 0.0191. The number of rotatable bonds is 3. The van der Waals surface area contributed by atoms with E-state index in [0.717, 1.165) is 31.4 Å². The van der Waals surface area contributed by atoms with Gasteiger partial charge in [-0.3, -0.25) is 19.7 Å². The first-order chi connectivity index (χ1) is 15.8. The van der Waals surface area contributed by atoms with Gasteiger partial charge in [-0.2, -0.15) is 0 Å². The lowest BCUT2D eigenvalue weighted by atomic mass is 9.83. The molecule has 1 aromatic heterocycles. The van der Waals surface area contributed by atoms with Gasteiger partial charge in [0.25, 0.3) is 17.2 Å². The number of likely N-dealkylation sites (tertiary alicyclic amines) is 1. The first-order valence-corrected chi connectivity index (χ1v) is 11.9. The highest BCUT2D eigenvalue weighted by Gasteiger charge is 2.37. The van der Waals surface area contributed by atoms with Crippen LogP contribution in [0.4, 0.5) is 11.4 Å². The summed E-state index contributed by atoms with van der Waals surface area (Å²) in [5.41, 5.74) is 1.93. The highest BCUT2D eigenvalue weighted by Crippen LogP contribution is 2.40. The molecule has 8 heteroatoms. The van der Waals surface area contributed by atoms with Crippen molar-refractivity contribution in [3.05, 3.63) is 68.1 Å². The van der Waals surface area contributed by atoms with E-state index in [0.29, 0.717) is 30.9 Å². The van der Waals surface area contributed by atoms with Gasteiger partial charge >= 0.3 is 0 Å². The van der Waals surface area contributed by atoms with Crippen molar-refractivity contribution in [1.29, 1.82) is 0 Å². The summed E-state index contributed by atoms with van der Waals surface area (Å²) in [7, 11) is 0. The SMILES string of the molecule is C[C@@H]1CCC[C@@H](C)N1C(=O)c1ccc(N2C[C@H]3C[C@@H](C2)c2cccc(=O)n2C3)c([N+](=O)[O-])c1. The number of piperidine rings is 2. The Hall–Kier alpha value is -3.16. The zero-order valence-electron chi connectivity index (χ0n) is 19.1. The second-order valence-electron chi connectivity index (χ2n) is 9.91. The van der Waals surface area contributed by atoms with Gasteiger partial charge < -0.3 is 14.4 Å². The van der Waals surface area contributed by atoms with Crippen LogP contribution in [-0.2, 0) is 6.54 Å². The highest BCUT2D eigenvalue weighted by atomic mass is 16.6. The Kier molecular flexibility index (Phi) is 5.46. The Morgan fingerprint density at radius 2 is 1.82 bits per heavy atom. The van der Waals surface area contributed by atoms with Crippen molar-refractivity contribution < 1.29 is 9.72 Å². The molecule has 0 saturated carbocycles. The molecule has 2 bridgehead atoms. The van der Waals surface area contributed by atoms with Crippen molar-refractivity contribution in [3.63, 3.8) is 0 Å². The van der Waals surface area contributed by atoms with E-state index in [4.69, 9.17) is 0 Å². The number of anilines is 1. The van der Waals surface area contributed by atoms with Gasteiger partial charge in [-0.1, -0.05) is 6.07 Å². The summed E-state index contributed by atoms with van der Waals surface area (Å²) in [6.45, 7) is 6.01. The second kappa shape index (κ2) is 8.32. The lowest BCUT2D eigenvalue weighted by molar-refractivity contribution is -0.384. The first-order valence-electron chi connectivity index (χ1n) is 11.9. The molecule has 1 amide bonds. The number of carbonyl (C=O) groups is 1. The molecule has 8 nitrogen and oxygen atoms in total. The van der Waals surface area contributed by atoms with Gasteiger partial charge in [-0.25, -0.2) is 0 Å². The number of aromatic nitrogens is 1.